The molecule has 0 fully saturated rings. The summed E-state index contributed by atoms with van der Waals surface area (Å²) in [6, 6.07) is 6.15. The van der Waals surface area contributed by atoms with Gasteiger partial charge in [0.2, 0.25) is 0 Å². The molecular formula is C11H11NO2S2. The van der Waals surface area contributed by atoms with Gasteiger partial charge in [0.05, 0.1) is 16.0 Å². The predicted octanol–water partition coefficient (Wildman–Crippen LogP) is 2.92. The van der Waals surface area contributed by atoms with E-state index >= 15 is 0 Å². The number of thiazole rings is 1. The monoisotopic (exact) mass is 253 g/mol. The van der Waals surface area contributed by atoms with Crippen molar-refractivity contribution in [2.24, 2.45) is 0 Å². The number of thioether (sulfide) groups is 1. The van der Waals surface area contributed by atoms with Crippen LogP contribution in [0.4, 0.5) is 0 Å². The highest BCUT2D eigenvalue weighted by molar-refractivity contribution is 7.99. The van der Waals surface area contributed by atoms with Crippen LogP contribution in [0.2, 0.25) is 0 Å². The molecule has 0 saturated heterocycles. The number of aliphatic carboxylic acids is 1. The maximum Gasteiger partial charge on any atom is 0.313 e. The van der Waals surface area contributed by atoms with Gasteiger partial charge in [0, 0.05) is 5.75 Å². The van der Waals surface area contributed by atoms with Crippen LogP contribution < -0.4 is 0 Å². The van der Waals surface area contributed by atoms with Gasteiger partial charge >= 0.3 is 5.97 Å². The lowest BCUT2D eigenvalue weighted by atomic mass is 10.2. The van der Waals surface area contributed by atoms with Crippen molar-refractivity contribution in [3.63, 3.8) is 0 Å². The number of carboxylic acids is 1. The number of benzene rings is 1. The molecule has 0 radical (unpaired) electrons. The molecule has 2 aromatic rings. The summed E-state index contributed by atoms with van der Waals surface area (Å²) in [5, 5.41) is 9.52. The highest BCUT2D eigenvalue weighted by atomic mass is 32.2. The smallest absolute Gasteiger partial charge is 0.313 e. The average molecular weight is 253 g/mol. The number of fused-ring (bicyclic) bond motifs is 1. The molecule has 0 atom stereocenters. The summed E-state index contributed by atoms with van der Waals surface area (Å²) in [5.41, 5.74) is 2.22. The molecule has 16 heavy (non-hydrogen) atoms. The van der Waals surface area contributed by atoms with E-state index < -0.39 is 5.97 Å². The van der Waals surface area contributed by atoms with Gasteiger partial charge in [0.25, 0.3) is 0 Å². The predicted molar refractivity (Wildman–Crippen MR) is 68.2 cm³/mol. The SMILES string of the molecule is Cc1ccc2nc(CSCC(=O)O)sc2c1. The first kappa shape index (κ1) is 11.4. The van der Waals surface area contributed by atoms with Crippen molar-refractivity contribution in [2.75, 3.05) is 5.75 Å². The second kappa shape index (κ2) is 4.84. The first-order chi connectivity index (χ1) is 7.65. The molecule has 0 amide bonds. The standard InChI is InChI=1S/C11H11NO2S2/c1-7-2-3-8-9(4-7)16-10(12-8)5-15-6-11(13)14/h2-4H,5-6H2,1H3,(H,13,14). The van der Waals surface area contributed by atoms with Crippen molar-refractivity contribution in [3.8, 4) is 0 Å². The molecule has 0 bridgehead atoms. The topological polar surface area (TPSA) is 50.2 Å². The number of carbonyl (C=O) groups is 1. The van der Waals surface area contributed by atoms with E-state index in [0.717, 1.165) is 10.5 Å². The van der Waals surface area contributed by atoms with Crippen LogP contribution in [0.25, 0.3) is 10.2 Å². The van der Waals surface area contributed by atoms with Crippen LogP contribution >= 0.6 is 23.1 Å². The molecule has 1 N–H and O–H groups in total. The number of rotatable bonds is 4. The molecule has 3 nitrogen and oxygen atoms in total. The first-order valence-electron chi connectivity index (χ1n) is 4.81. The Morgan fingerprint density at radius 3 is 3.12 bits per heavy atom. The van der Waals surface area contributed by atoms with E-state index in [1.54, 1.807) is 11.3 Å². The Kier molecular flexibility index (Phi) is 3.46. The fourth-order valence-electron chi connectivity index (χ4n) is 1.37. The maximum atomic E-state index is 10.4. The lowest BCUT2D eigenvalue weighted by Gasteiger charge is -1.92. The highest BCUT2D eigenvalue weighted by Crippen LogP contribution is 2.25. The minimum Gasteiger partial charge on any atom is -0.481 e. The molecule has 2 rings (SSSR count). The second-order valence-electron chi connectivity index (χ2n) is 3.47. The Balaban J connectivity index is 2.10. The van der Waals surface area contributed by atoms with Gasteiger partial charge in [-0.2, -0.15) is 0 Å². The minimum atomic E-state index is -0.776. The number of hydrogen-bond acceptors (Lipinski definition) is 4. The fraction of sp³-hybridized carbons (Fsp3) is 0.273. The van der Waals surface area contributed by atoms with Crippen molar-refractivity contribution in [1.29, 1.82) is 0 Å². The molecule has 1 aromatic heterocycles. The van der Waals surface area contributed by atoms with E-state index in [1.165, 1.54) is 22.0 Å². The van der Waals surface area contributed by atoms with E-state index in [2.05, 4.69) is 18.0 Å². The van der Waals surface area contributed by atoms with Crippen LogP contribution in [0.1, 0.15) is 10.6 Å². The quantitative estimate of drug-likeness (QED) is 0.910. The van der Waals surface area contributed by atoms with Gasteiger partial charge in [0.15, 0.2) is 0 Å². The van der Waals surface area contributed by atoms with Crippen LogP contribution in [0.5, 0.6) is 0 Å². The molecule has 0 aliphatic carbocycles. The largest absolute Gasteiger partial charge is 0.481 e. The Labute approximate surface area is 102 Å². The van der Waals surface area contributed by atoms with E-state index in [-0.39, 0.29) is 5.75 Å². The Morgan fingerprint density at radius 1 is 1.56 bits per heavy atom. The lowest BCUT2D eigenvalue weighted by Crippen LogP contribution is -1.97. The summed E-state index contributed by atoms with van der Waals surface area (Å²) >= 11 is 3.02. The van der Waals surface area contributed by atoms with Crippen LogP contribution in [-0.2, 0) is 10.5 Å². The van der Waals surface area contributed by atoms with Crippen LogP contribution in [-0.4, -0.2) is 21.8 Å². The normalized spacial score (nSPS) is 10.8. The summed E-state index contributed by atoms with van der Waals surface area (Å²) in [5.74, 6) is 0.0292. The Bertz CT molecular complexity index is 522. The number of aromatic nitrogens is 1. The van der Waals surface area contributed by atoms with E-state index in [1.807, 2.05) is 12.1 Å². The van der Waals surface area contributed by atoms with E-state index in [9.17, 15) is 4.79 Å². The molecule has 0 saturated carbocycles. The summed E-state index contributed by atoms with van der Waals surface area (Å²) in [6.45, 7) is 2.05. The lowest BCUT2D eigenvalue weighted by molar-refractivity contribution is -0.133. The summed E-state index contributed by atoms with van der Waals surface area (Å²) < 4.78 is 1.17. The van der Waals surface area contributed by atoms with Crippen LogP contribution in [0, 0.1) is 6.92 Å². The zero-order chi connectivity index (χ0) is 11.5. The molecule has 0 aliphatic rings. The molecule has 84 valence electrons. The van der Waals surface area contributed by atoms with Gasteiger partial charge in [-0.15, -0.1) is 23.1 Å². The third kappa shape index (κ3) is 2.74. The first-order valence-corrected chi connectivity index (χ1v) is 6.78. The number of aryl methyl sites for hydroxylation is 1. The van der Waals surface area contributed by atoms with Crippen molar-refractivity contribution in [3.05, 3.63) is 28.8 Å². The van der Waals surface area contributed by atoms with E-state index in [4.69, 9.17) is 5.11 Å². The number of nitrogens with zero attached hydrogens (tertiary/aromatic N) is 1. The van der Waals surface area contributed by atoms with Crippen LogP contribution in [0.15, 0.2) is 18.2 Å². The zero-order valence-electron chi connectivity index (χ0n) is 8.77. The molecule has 5 heteroatoms. The highest BCUT2D eigenvalue weighted by Gasteiger charge is 2.05. The van der Waals surface area contributed by atoms with Crippen molar-refractivity contribution in [2.45, 2.75) is 12.7 Å². The minimum absolute atomic E-state index is 0.134. The van der Waals surface area contributed by atoms with Gasteiger partial charge in [-0.3, -0.25) is 4.79 Å². The Hall–Kier alpha value is -1.07. The van der Waals surface area contributed by atoms with Gasteiger partial charge < -0.3 is 5.11 Å². The Morgan fingerprint density at radius 2 is 2.38 bits per heavy atom. The second-order valence-corrected chi connectivity index (χ2v) is 5.57. The molecular weight excluding hydrogens is 242 g/mol. The fourth-order valence-corrected chi connectivity index (χ4v) is 3.23. The van der Waals surface area contributed by atoms with E-state index in [0.29, 0.717) is 5.75 Å². The van der Waals surface area contributed by atoms with Gasteiger partial charge in [-0.1, -0.05) is 6.07 Å². The third-order valence-corrected chi connectivity index (χ3v) is 4.17. The summed E-state index contributed by atoms with van der Waals surface area (Å²) in [4.78, 5) is 14.8. The van der Waals surface area contributed by atoms with Crippen molar-refractivity contribution < 1.29 is 9.90 Å². The van der Waals surface area contributed by atoms with Crippen molar-refractivity contribution in [1.82, 2.24) is 4.98 Å². The zero-order valence-corrected chi connectivity index (χ0v) is 10.4. The maximum absolute atomic E-state index is 10.4. The summed E-state index contributed by atoms with van der Waals surface area (Å²) in [6.07, 6.45) is 0. The molecule has 1 heterocycles. The molecule has 0 aliphatic heterocycles. The van der Waals surface area contributed by atoms with Gasteiger partial charge in [0.1, 0.15) is 5.01 Å². The molecule has 1 aromatic carbocycles. The van der Waals surface area contributed by atoms with Crippen LogP contribution in [0.3, 0.4) is 0 Å². The average Bonchev–Trinajstić information content (AvgIpc) is 2.58. The molecule has 0 spiro atoms. The van der Waals surface area contributed by atoms with Crippen molar-refractivity contribution >= 4 is 39.3 Å². The number of carboxylic acid groups (broad SMARTS) is 1. The third-order valence-electron chi connectivity index (χ3n) is 2.04. The molecule has 0 unspecified atom stereocenters. The summed E-state index contributed by atoms with van der Waals surface area (Å²) in [7, 11) is 0. The van der Waals surface area contributed by atoms with Gasteiger partial charge in [-0.05, 0) is 24.6 Å². The number of hydrogen-bond donors (Lipinski definition) is 1. The van der Waals surface area contributed by atoms with Gasteiger partial charge in [-0.25, -0.2) is 4.98 Å².